The normalized spacial score (nSPS) is 18.0. The van der Waals surface area contributed by atoms with Crippen molar-refractivity contribution in [1.82, 2.24) is 24.5 Å². The fraction of sp³-hybridized carbons (Fsp3) is 0.333. The highest BCUT2D eigenvalue weighted by Crippen LogP contribution is 2.28. The molecule has 1 N–H and O–H groups in total. The Bertz CT molecular complexity index is 883. The Morgan fingerprint density at radius 2 is 2.17 bits per heavy atom. The third-order valence-electron chi connectivity index (χ3n) is 4.31. The summed E-state index contributed by atoms with van der Waals surface area (Å²) in [4.78, 5) is 17.8. The van der Waals surface area contributed by atoms with Crippen molar-refractivity contribution >= 4 is 23.0 Å². The molecule has 0 amide bonds. The molecule has 1 unspecified atom stereocenters. The number of rotatable bonds is 3. The molecular weight excluding hydrogens is 296 g/mol. The zero-order valence-electron chi connectivity index (χ0n) is 12.6. The zero-order valence-corrected chi connectivity index (χ0v) is 12.6. The Morgan fingerprint density at radius 1 is 1.35 bits per heavy atom. The number of benzene rings is 1. The van der Waals surface area contributed by atoms with Crippen LogP contribution in [0.4, 0.5) is 5.95 Å². The summed E-state index contributed by atoms with van der Waals surface area (Å²) in [5.41, 5.74) is 2.05. The van der Waals surface area contributed by atoms with Crippen LogP contribution in [-0.2, 0) is 7.05 Å². The lowest BCUT2D eigenvalue weighted by Gasteiger charge is -2.17. The van der Waals surface area contributed by atoms with Gasteiger partial charge in [-0.3, -0.25) is 0 Å². The van der Waals surface area contributed by atoms with Gasteiger partial charge in [-0.1, -0.05) is 17.3 Å². The highest BCUT2D eigenvalue weighted by atomic mass is 16.4. The number of imidazole rings is 1. The summed E-state index contributed by atoms with van der Waals surface area (Å²) >= 11 is 0. The maximum Gasteiger partial charge on any atom is 0.358 e. The summed E-state index contributed by atoms with van der Waals surface area (Å²) < 4.78 is 3.73. The van der Waals surface area contributed by atoms with Crippen LogP contribution < -0.4 is 4.90 Å². The molecule has 1 aliphatic heterocycles. The summed E-state index contributed by atoms with van der Waals surface area (Å²) in [6.07, 6.45) is 2.37. The third-order valence-corrected chi connectivity index (χ3v) is 4.31. The average molecular weight is 312 g/mol. The van der Waals surface area contributed by atoms with E-state index in [1.807, 2.05) is 25.2 Å². The van der Waals surface area contributed by atoms with E-state index in [2.05, 4.69) is 25.8 Å². The van der Waals surface area contributed by atoms with E-state index < -0.39 is 5.97 Å². The second-order valence-electron chi connectivity index (χ2n) is 5.74. The van der Waals surface area contributed by atoms with Gasteiger partial charge in [-0.25, -0.2) is 14.5 Å². The number of hydrogen-bond acceptors (Lipinski definition) is 5. The monoisotopic (exact) mass is 312 g/mol. The fourth-order valence-electron chi connectivity index (χ4n) is 3.11. The van der Waals surface area contributed by atoms with E-state index in [0.717, 1.165) is 36.5 Å². The van der Waals surface area contributed by atoms with Gasteiger partial charge in [-0.05, 0) is 18.6 Å². The molecule has 3 aromatic rings. The van der Waals surface area contributed by atoms with Crippen molar-refractivity contribution in [2.24, 2.45) is 7.05 Å². The minimum atomic E-state index is -1.05. The number of fused-ring (bicyclic) bond motifs is 1. The summed E-state index contributed by atoms with van der Waals surface area (Å²) in [5.74, 6) is -0.131. The minimum absolute atomic E-state index is 0.0221. The highest BCUT2D eigenvalue weighted by molar-refractivity contribution is 5.84. The number of carboxylic acid groups (broad SMARTS) is 1. The lowest BCUT2D eigenvalue weighted by molar-refractivity contribution is 0.0690. The molecule has 0 bridgehead atoms. The molecular formula is C15H16N6O2. The topological polar surface area (TPSA) is 89.1 Å². The summed E-state index contributed by atoms with van der Waals surface area (Å²) in [5, 5.41) is 16.6. The first kappa shape index (κ1) is 13.7. The van der Waals surface area contributed by atoms with Gasteiger partial charge in [-0.2, -0.15) is 0 Å². The molecule has 1 fully saturated rings. The second kappa shape index (κ2) is 5.08. The van der Waals surface area contributed by atoms with Gasteiger partial charge in [0.1, 0.15) is 0 Å². The molecule has 118 valence electrons. The Morgan fingerprint density at radius 3 is 2.91 bits per heavy atom. The van der Waals surface area contributed by atoms with Gasteiger partial charge in [0.15, 0.2) is 5.69 Å². The molecule has 8 nitrogen and oxygen atoms in total. The number of anilines is 1. The van der Waals surface area contributed by atoms with E-state index in [1.54, 1.807) is 4.68 Å². The lowest BCUT2D eigenvalue weighted by atomic mass is 10.3. The van der Waals surface area contributed by atoms with Crippen LogP contribution in [0, 0.1) is 0 Å². The van der Waals surface area contributed by atoms with Crippen LogP contribution in [0.3, 0.4) is 0 Å². The third kappa shape index (κ3) is 2.23. The molecule has 8 heteroatoms. The van der Waals surface area contributed by atoms with Gasteiger partial charge in [0.25, 0.3) is 0 Å². The SMILES string of the molecule is Cn1c(N2CCC(n3cc(C(=O)O)nn3)C2)nc2ccccc21. The molecule has 1 aliphatic rings. The van der Waals surface area contributed by atoms with E-state index in [4.69, 9.17) is 10.1 Å². The Labute approximate surface area is 132 Å². The van der Waals surface area contributed by atoms with Gasteiger partial charge < -0.3 is 14.6 Å². The van der Waals surface area contributed by atoms with Crippen LogP contribution >= 0.6 is 0 Å². The maximum absolute atomic E-state index is 10.9. The average Bonchev–Trinajstić information content (AvgIpc) is 3.25. The summed E-state index contributed by atoms with van der Waals surface area (Å²) in [6, 6.07) is 8.15. The van der Waals surface area contributed by atoms with Crippen LogP contribution in [0.15, 0.2) is 30.5 Å². The Hall–Kier alpha value is -2.90. The first-order chi connectivity index (χ1) is 11.1. The zero-order chi connectivity index (χ0) is 16.0. The lowest BCUT2D eigenvalue weighted by Crippen LogP contribution is -2.24. The van der Waals surface area contributed by atoms with Crippen molar-refractivity contribution in [2.75, 3.05) is 18.0 Å². The van der Waals surface area contributed by atoms with Gasteiger partial charge >= 0.3 is 5.97 Å². The molecule has 0 spiro atoms. The van der Waals surface area contributed by atoms with E-state index in [-0.39, 0.29) is 11.7 Å². The molecule has 4 rings (SSSR count). The first-order valence-electron chi connectivity index (χ1n) is 7.45. The van der Waals surface area contributed by atoms with E-state index >= 15 is 0 Å². The van der Waals surface area contributed by atoms with Gasteiger partial charge in [0, 0.05) is 20.1 Å². The fourth-order valence-corrected chi connectivity index (χ4v) is 3.11. The number of aryl methyl sites for hydroxylation is 1. The van der Waals surface area contributed by atoms with Crippen molar-refractivity contribution in [3.63, 3.8) is 0 Å². The smallest absolute Gasteiger partial charge is 0.358 e. The molecule has 0 aliphatic carbocycles. The second-order valence-corrected chi connectivity index (χ2v) is 5.74. The quantitative estimate of drug-likeness (QED) is 0.784. The summed E-state index contributed by atoms with van der Waals surface area (Å²) in [7, 11) is 2.01. The Balaban J connectivity index is 1.59. The molecule has 0 radical (unpaired) electrons. The molecule has 3 heterocycles. The molecule has 1 saturated heterocycles. The van der Waals surface area contributed by atoms with Crippen LogP contribution in [0.1, 0.15) is 23.0 Å². The predicted octanol–water partition coefficient (Wildman–Crippen LogP) is 1.31. The highest BCUT2D eigenvalue weighted by Gasteiger charge is 2.28. The molecule has 1 aromatic carbocycles. The van der Waals surface area contributed by atoms with E-state index in [1.165, 1.54) is 6.20 Å². The molecule has 23 heavy (non-hydrogen) atoms. The van der Waals surface area contributed by atoms with Crippen LogP contribution in [0.5, 0.6) is 0 Å². The number of hydrogen-bond donors (Lipinski definition) is 1. The predicted molar refractivity (Wildman–Crippen MR) is 83.6 cm³/mol. The van der Waals surface area contributed by atoms with Crippen molar-refractivity contribution in [3.8, 4) is 0 Å². The van der Waals surface area contributed by atoms with Crippen LogP contribution in [0.2, 0.25) is 0 Å². The van der Waals surface area contributed by atoms with Crippen LogP contribution in [0.25, 0.3) is 11.0 Å². The minimum Gasteiger partial charge on any atom is -0.476 e. The maximum atomic E-state index is 10.9. The van der Waals surface area contributed by atoms with Gasteiger partial charge in [0.2, 0.25) is 5.95 Å². The van der Waals surface area contributed by atoms with Gasteiger partial charge in [-0.15, -0.1) is 5.10 Å². The number of carboxylic acids is 1. The van der Waals surface area contributed by atoms with Crippen molar-refractivity contribution in [3.05, 3.63) is 36.2 Å². The number of aromatic nitrogens is 5. The van der Waals surface area contributed by atoms with Crippen molar-refractivity contribution in [1.29, 1.82) is 0 Å². The molecule has 2 aromatic heterocycles. The first-order valence-corrected chi connectivity index (χ1v) is 7.45. The number of para-hydroxylation sites is 2. The number of nitrogens with zero attached hydrogens (tertiary/aromatic N) is 6. The van der Waals surface area contributed by atoms with Crippen molar-refractivity contribution in [2.45, 2.75) is 12.5 Å². The number of aromatic carboxylic acids is 1. The number of carbonyl (C=O) groups is 1. The van der Waals surface area contributed by atoms with Gasteiger partial charge in [0.05, 0.1) is 23.3 Å². The summed E-state index contributed by atoms with van der Waals surface area (Å²) in [6.45, 7) is 1.59. The van der Waals surface area contributed by atoms with Crippen LogP contribution in [-0.4, -0.2) is 48.7 Å². The standard InChI is InChI=1S/C15H16N6O2/c1-19-13-5-3-2-4-11(13)16-15(19)20-7-6-10(8-20)21-9-12(14(22)23)17-18-21/h2-5,9-10H,6-8H2,1H3,(H,22,23). The van der Waals surface area contributed by atoms with Crippen molar-refractivity contribution < 1.29 is 9.90 Å². The largest absolute Gasteiger partial charge is 0.476 e. The van der Waals surface area contributed by atoms with E-state index in [0.29, 0.717) is 0 Å². The molecule has 0 saturated carbocycles. The Kier molecular flexibility index (Phi) is 3.03. The molecule has 1 atom stereocenters. The van der Waals surface area contributed by atoms with E-state index in [9.17, 15) is 4.79 Å².